The van der Waals surface area contributed by atoms with E-state index in [0.29, 0.717) is 17.2 Å². The average molecular weight is 399 g/mol. The van der Waals surface area contributed by atoms with Gasteiger partial charge in [-0.3, -0.25) is 14.8 Å². The lowest BCUT2D eigenvalue weighted by Crippen LogP contribution is -2.47. The van der Waals surface area contributed by atoms with Crippen LogP contribution in [0.1, 0.15) is 34.3 Å². The zero-order valence-corrected chi connectivity index (χ0v) is 17.2. The van der Waals surface area contributed by atoms with Crippen LogP contribution in [0.4, 0.5) is 5.82 Å². The molecule has 30 heavy (non-hydrogen) atoms. The van der Waals surface area contributed by atoms with Crippen molar-refractivity contribution in [1.82, 2.24) is 19.9 Å². The lowest BCUT2D eigenvalue weighted by molar-refractivity contribution is 0.0692. The number of fused-ring (bicyclic) bond motifs is 2. The summed E-state index contributed by atoms with van der Waals surface area (Å²) < 4.78 is 0. The second-order valence-electron chi connectivity index (χ2n) is 8.40. The summed E-state index contributed by atoms with van der Waals surface area (Å²) in [5.74, 6) is 1.44. The van der Waals surface area contributed by atoms with Gasteiger partial charge in [-0.15, -0.1) is 0 Å². The first kappa shape index (κ1) is 18.7. The van der Waals surface area contributed by atoms with E-state index in [2.05, 4.69) is 26.3 Å². The van der Waals surface area contributed by atoms with Gasteiger partial charge < -0.3 is 10.2 Å². The van der Waals surface area contributed by atoms with Crippen LogP contribution in [0.2, 0.25) is 0 Å². The van der Waals surface area contributed by atoms with Crippen molar-refractivity contribution in [2.45, 2.75) is 38.8 Å². The van der Waals surface area contributed by atoms with Crippen molar-refractivity contribution in [1.29, 1.82) is 0 Å². The lowest BCUT2D eigenvalue weighted by atomic mass is 10.0. The van der Waals surface area contributed by atoms with Gasteiger partial charge in [0, 0.05) is 31.2 Å². The molecule has 1 N–H and O–H groups in total. The summed E-state index contributed by atoms with van der Waals surface area (Å²) in [7, 11) is 0. The van der Waals surface area contributed by atoms with Gasteiger partial charge in [0.2, 0.25) is 0 Å². The van der Waals surface area contributed by atoms with Crippen LogP contribution in [-0.4, -0.2) is 44.4 Å². The number of aryl methyl sites for hydroxylation is 2. The van der Waals surface area contributed by atoms with Crippen LogP contribution in [0.3, 0.4) is 0 Å². The van der Waals surface area contributed by atoms with Crippen LogP contribution >= 0.6 is 0 Å². The van der Waals surface area contributed by atoms with E-state index in [9.17, 15) is 4.79 Å². The van der Waals surface area contributed by atoms with E-state index in [1.165, 1.54) is 0 Å². The molecule has 3 aromatic rings. The Balaban J connectivity index is 1.41. The van der Waals surface area contributed by atoms with Crippen LogP contribution in [0.25, 0.3) is 11.4 Å². The zero-order valence-electron chi connectivity index (χ0n) is 17.2. The van der Waals surface area contributed by atoms with Gasteiger partial charge in [-0.05, 0) is 68.0 Å². The van der Waals surface area contributed by atoms with Crippen LogP contribution in [0.15, 0.2) is 55.0 Å². The summed E-state index contributed by atoms with van der Waals surface area (Å²) in [6, 6.07) is 12.1. The molecule has 3 aromatic heterocycles. The van der Waals surface area contributed by atoms with Crippen molar-refractivity contribution >= 4 is 11.7 Å². The van der Waals surface area contributed by atoms with Crippen LogP contribution < -0.4 is 5.32 Å². The summed E-state index contributed by atoms with van der Waals surface area (Å²) in [5, 5.41) is 3.56. The van der Waals surface area contributed by atoms with E-state index < -0.39 is 0 Å². The lowest BCUT2D eigenvalue weighted by Gasteiger charge is -2.34. The summed E-state index contributed by atoms with van der Waals surface area (Å²) in [5.41, 5.74) is 4.20. The minimum absolute atomic E-state index is 0.0408. The molecule has 2 bridgehead atoms. The summed E-state index contributed by atoms with van der Waals surface area (Å²) in [6.07, 6.45) is 7.45. The Morgan fingerprint density at radius 3 is 2.53 bits per heavy atom. The van der Waals surface area contributed by atoms with Gasteiger partial charge in [-0.1, -0.05) is 12.1 Å². The third-order valence-corrected chi connectivity index (χ3v) is 6.26. The number of anilines is 1. The molecule has 1 saturated heterocycles. The number of pyridine rings is 3. The number of hydrogen-bond donors (Lipinski definition) is 1. The fourth-order valence-electron chi connectivity index (χ4n) is 4.81. The van der Waals surface area contributed by atoms with Crippen molar-refractivity contribution in [3.63, 3.8) is 0 Å². The molecule has 6 heteroatoms. The highest BCUT2D eigenvalue weighted by Gasteiger charge is 2.47. The molecule has 1 aliphatic heterocycles. The number of carbonyl (C=O) groups is 1. The van der Waals surface area contributed by atoms with Gasteiger partial charge in [0.1, 0.15) is 11.5 Å². The normalized spacial score (nSPS) is 22.3. The molecule has 0 aromatic carbocycles. The molecule has 152 valence electrons. The smallest absolute Gasteiger partial charge is 0.256 e. The molecule has 0 spiro atoms. The summed E-state index contributed by atoms with van der Waals surface area (Å²) >= 11 is 0. The minimum Gasteiger partial charge on any atom is -0.365 e. The van der Waals surface area contributed by atoms with E-state index in [1.807, 2.05) is 55.3 Å². The number of carbonyl (C=O) groups excluding carboxylic acids is 1. The molecule has 0 radical (unpaired) electrons. The standard InChI is InChI=1S/C24H25N5O/c1-15-7-8-21(27-13-15)28-19-11-17-12-20(19)29(14-17)24(30)18-6-4-10-26-23(18)22-16(2)5-3-9-25-22/h3-10,13,17,19-20H,11-12,14H2,1-2H3,(H,27,28). The van der Waals surface area contributed by atoms with Crippen molar-refractivity contribution in [2.24, 2.45) is 5.92 Å². The van der Waals surface area contributed by atoms with Crippen molar-refractivity contribution in [3.05, 3.63) is 71.7 Å². The molecular weight excluding hydrogens is 374 g/mol. The number of hydrogen-bond acceptors (Lipinski definition) is 5. The van der Waals surface area contributed by atoms with Crippen LogP contribution in [-0.2, 0) is 0 Å². The number of nitrogens with one attached hydrogen (secondary N) is 1. The maximum atomic E-state index is 13.6. The van der Waals surface area contributed by atoms with Crippen molar-refractivity contribution < 1.29 is 4.79 Å². The van der Waals surface area contributed by atoms with Gasteiger partial charge >= 0.3 is 0 Å². The monoisotopic (exact) mass is 399 g/mol. The van der Waals surface area contributed by atoms with Gasteiger partial charge in [-0.25, -0.2) is 4.98 Å². The van der Waals surface area contributed by atoms with Gasteiger partial charge in [-0.2, -0.15) is 0 Å². The maximum absolute atomic E-state index is 13.6. The molecule has 1 aliphatic carbocycles. The fraction of sp³-hybridized carbons (Fsp3) is 0.333. The predicted molar refractivity (Wildman–Crippen MR) is 116 cm³/mol. The number of aromatic nitrogens is 3. The minimum atomic E-state index is 0.0408. The Labute approximate surface area is 176 Å². The topological polar surface area (TPSA) is 71.0 Å². The highest BCUT2D eigenvalue weighted by Crippen LogP contribution is 2.40. The second kappa shape index (κ2) is 7.52. The molecule has 6 nitrogen and oxygen atoms in total. The van der Waals surface area contributed by atoms with E-state index in [1.54, 1.807) is 12.4 Å². The van der Waals surface area contributed by atoms with Crippen LogP contribution in [0, 0.1) is 19.8 Å². The van der Waals surface area contributed by atoms with Gasteiger partial charge in [0.25, 0.3) is 5.91 Å². The Morgan fingerprint density at radius 2 is 1.80 bits per heavy atom. The number of amides is 1. The Bertz CT molecular complexity index is 1080. The maximum Gasteiger partial charge on any atom is 0.256 e. The number of nitrogens with zero attached hydrogens (tertiary/aromatic N) is 4. The van der Waals surface area contributed by atoms with Crippen LogP contribution in [0.5, 0.6) is 0 Å². The van der Waals surface area contributed by atoms with E-state index in [0.717, 1.165) is 42.0 Å². The predicted octanol–water partition coefficient (Wildman–Crippen LogP) is 3.87. The average Bonchev–Trinajstić information content (AvgIpc) is 3.36. The number of piperidine rings is 1. The highest BCUT2D eigenvalue weighted by molar-refractivity contribution is 6.00. The largest absolute Gasteiger partial charge is 0.365 e. The molecule has 3 unspecified atom stereocenters. The van der Waals surface area contributed by atoms with Crippen molar-refractivity contribution in [2.75, 3.05) is 11.9 Å². The van der Waals surface area contributed by atoms with Gasteiger partial charge in [0.15, 0.2) is 0 Å². The van der Waals surface area contributed by atoms with Crippen molar-refractivity contribution in [3.8, 4) is 11.4 Å². The third-order valence-electron chi connectivity index (χ3n) is 6.26. The summed E-state index contributed by atoms with van der Waals surface area (Å²) in [4.78, 5) is 29.1. The zero-order chi connectivity index (χ0) is 20.7. The molecule has 3 atom stereocenters. The summed E-state index contributed by atoms with van der Waals surface area (Å²) in [6.45, 7) is 4.83. The SMILES string of the molecule is Cc1ccc(NC2CC3CC2N(C(=O)c2cccnc2-c2ncccc2C)C3)nc1. The first-order chi connectivity index (χ1) is 14.6. The van der Waals surface area contributed by atoms with E-state index in [4.69, 9.17) is 0 Å². The molecule has 4 heterocycles. The number of rotatable bonds is 4. The van der Waals surface area contributed by atoms with E-state index >= 15 is 0 Å². The Kier molecular flexibility index (Phi) is 4.69. The molecule has 2 aliphatic rings. The highest BCUT2D eigenvalue weighted by atomic mass is 16.2. The second-order valence-corrected chi connectivity index (χ2v) is 8.40. The number of likely N-dealkylation sites (tertiary alicyclic amines) is 1. The van der Waals surface area contributed by atoms with Gasteiger partial charge in [0.05, 0.1) is 17.3 Å². The molecule has 1 saturated carbocycles. The van der Waals surface area contributed by atoms with E-state index in [-0.39, 0.29) is 18.0 Å². The fourth-order valence-corrected chi connectivity index (χ4v) is 4.81. The third kappa shape index (κ3) is 3.32. The molecule has 1 amide bonds. The first-order valence-corrected chi connectivity index (χ1v) is 10.5. The first-order valence-electron chi connectivity index (χ1n) is 10.5. The molecular formula is C24H25N5O. The Hall–Kier alpha value is -3.28. The molecule has 5 rings (SSSR count). The quantitative estimate of drug-likeness (QED) is 0.721. The molecule has 2 fully saturated rings. The Morgan fingerprint density at radius 1 is 1.00 bits per heavy atom.